The van der Waals surface area contributed by atoms with Crippen molar-refractivity contribution in [2.75, 3.05) is 20.2 Å². The highest BCUT2D eigenvalue weighted by molar-refractivity contribution is 5.28. The first-order valence-electron chi connectivity index (χ1n) is 6.79. The zero-order valence-electron chi connectivity index (χ0n) is 12.3. The van der Waals surface area contributed by atoms with Gasteiger partial charge in [0, 0.05) is 30.8 Å². The summed E-state index contributed by atoms with van der Waals surface area (Å²) in [6.45, 7) is 8.86. The third-order valence-electron chi connectivity index (χ3n) is 2.90. The molecule has 1 aromatic rings. The number of rotatable bonds is 8. The Balaban J connectivity index is 2.35. The Kier molecular flexibility index (Phi) is 6.81. The van der Waals surface area contributed by atoms with E-state index in [1.165, 1.54) is 13.2 Å². The third-order valence-corrected chi connectivity index (χ3v) is 2.90. The topological polar surface area (TPSA) is 33.3 Å². The molecule has 0 saturated heterocycles. The summed E-state index contributed by atoms with van der Waals surface area (Å²) >= 11 is 0. The van der Waals surface area contributed by atoms with Crippen molar-refractivity contribution in [1.29, 1.82) is 0 Å². The van der Waals surface area contributed by atoms with E-state index in [4.69, 9.17) is 4.74 Å². The van der Waals surface area contributed by atoms with E-state index in [9.17, 15) is 4.39 Å². The molecule has 2 N–H and O–H groups in total. The summed E-state index contributed by atoms with van der Waals surface area (Å²) in [5.74, 6) is 0.966. The largest absolute Gasteiger partial charge is 0.497 e. The highest BCUT2D eigenvalue weighted by atomic mass is 19.1. The second kappa shape index (κ2) is 8.12. The molecule has 0 spiro atoms. The van der Waals surface area contributed by atoms with Gasteiger partial charge in [0.2, 0.25) is 0 Å². The number of benzene rings is 1. The lowest BCUT2D eigenvalue weighted by Crippen LogP contribution is -2.37. The highest BCUT2D eigenvalue weighted by Gasteiger charge is 2.06. The summed E-state index contributed by atoms with van der Waals surface area (Å²) in [6.07, 6.45) is 0. The van der Waals surface area contributed by atoms with E-state index in [1.54, 1.807) is 12.1 Å². The molecule has 4 heteroatoms. The van der Waals surface area contributed by atoms with Gasteiger partial charge in [-0.25, -0.2) is 4.39 Å². The standard InChI is InChI=1S/C15H25FN2O/c1-11(2)8-17-9-12(3)18-10-13-5-6-14(19-4)7-15(13)16/h5-7,11-12,17-18H,8-10H2,1-4H3. The molecule has 1 rings (SSSR count). The molecule has 3 nitrogen and oxygen atoms in total. The van der Waals surface area contributed by atoms with Crippen LogP contribution in [0.1, 0.15) is 26.3 Å². The normalized spacial score (nSPS) is 12.7. The summed E-state index contributed by atoms with van der Waals surface area (Å²) in [7, 11) is 1.54. The van der Waals surface area contributed by atoms with Gasteiger partial charge in [-0.3, -0.25) is 0 Å². The van der Waals surface area contributed by atoms with Gasteiger partial charge in [0.1, 0.15) is 11.6 Å². The van der Waals surface area contributed by atoms with E-state index >= 15 is 0 Å². The van der Waals surface area contributed by atoms with Crippen LogP contribution in [0.2, 0.25) is 0 Å². The Morgan fingerprint density at radius 1 is 1.21 bits per heavy atom. The van der Waals surface area contributed by atoms with Gasteiger partial charge in [-0.15, -0.1) is 0 Å². The average molecular weight is 268 g/mol. The fourth-order valence-electron chi connectivity index (χ4n) is 1.74. The molecule has 0 amide bonds. The number of halogens is 1. The van der Waals surface area contributed by atoms with Crippen LogP contribution in [0.3, 0.4) is 0 Å². The van der Waals surface area contributed by atoms with E-state index in [-0.39, 0.29) is 5.82 Å². The van der Waals surface area contributed by atoms with Gasteiger partial charge >= 0.3 is 0 Å². The maximum atomic E-state index is 13.7. The molecule has 0 bridgehead atoms. The predicted octanol–water partition coefficient (Wildman–Crippen LogP) is 2.56. The zero-order chi connectivity index (χ0) is 14.3. The van der Waals surface area contributed by atoms with Crippen molar-refractivity contribution in [3.8, 4) is 5.75 Å². The number of ether oxygens (including phenoxy) is 1. The molecule has 0 heterocycles. The number of methoxy groups -OCH3 is 1. The fraction of sp³-hybridized carbons (Fsp3) is 0.600. The van der Waals surface area contributed by atoms with Crippen LogP contribution in [0.5, 0.6) is 5.75 Å². The minimum Gasteiger partial charge on any atom is -0.497 e. The molecule has 0 aromatic heterocycles. The smallest absolute Gasteiger partial charge is 0.131 e. The van der Waals surface area contributed by atoms with Gasteiger partial charge in [0.25, 0.3) is 0 Å². The van der Waals surface area contributed by atoms with Crippen LogP contribution in [0.25, 0.3) is 0 Å². The molecule has 0 aliphatic rings. The molecule has 1 atom stereocenters. The Morgan fingerprint density at radius 3 is 2.53 bits per heavy atom. The molecule has 0 aliphatic carbocycles. The number of nitrogens with one attached hydrogen (secondary N) is 2. The van der Waals surface area contributed by atoms with Crippen molar-refractivity contribution in [2.45, 2.75) is 33.4 Å². The Labute approximate surface area is 115 Å². The molecule has 0 fully saturated rings. The van der Waals surface area contributed by atoms with Gasteiger partial charge in [-0.2, -0.15) is 0 Å². The summed E-state index contributed by atoms with van der Waals surface area (Å²) in [6, 6.07) is 5.26. The van der Waals surface area contributed by atoms with Crippen LogP contribution in [0.15, 0.2) is 18.2 Å². The van der Waals surface area contributed by atoms with E-state index in [1.807, 2.05) is 0 Å². The SMILES string of the molecule is COc1ccc(CNC(C)CNCC(C)C)c(F)c1. The van der Waals surface area contributed by atoms with Crippen LogP contribution in [0, 0.1) is 11.7 Å². The summed E-state index contributed by atoms with van der Waals surface area (Å²) in [5.41, 5.74) is 0.663. The lowest BCUT2D eigenvalue weighted by molar-refractivity contribution is 0.410. The fourth-order valence-corrected chi connectivity index (χ4v) is 1.74. The van der Waals surface area contributed by atoms with Crippen LogP contribution >= 0.6 is 0 Å². The molecule has 108 valence electrons. The Hall–Kier alpha value is -1.13. The predicted molar refractivity (Wildman–Crippen MR) is 77.0 cm³/mol. The highest BCUT2D eigenvalue weighted by Crippen LogP contribution is 2.16. The first-order chi connectivity index (χ1) is 9.02. The van der Waals surface area contributed by atoms with E-state index in [2.05, 4.69) is 31.4 Å². The van der Waals surface area contributed by atoms with Crippen molar-refractivity contribution in [3.05, 3.63) is 29.6 Å². The minimum atomic E-state index is -0.228. The molecule has 1 unspecified atom stereocenters. The first kappa shape index (κ1) is 15.9. The van der Waals surface area contributed by atoms with Crippen LogP contribution in [-0.4, -0.2) is 26.2 Å². The lowest BCUT2D eigenvalue weighted by atomic mass is 10.2. The first-order valence-corrected chi connectivity index (χ1v) is 6.79. The van der Waals surface area contributed by atoms with E-state index in [0.717, 1.165) is 13.1 Å². The van der Waals surface area contributed by atoms with Crippen molar-refractivity contribution < 1.29 is 9.13 Å². The molecule has 1 aromatic carbocycles. The van der Waals surface area contributed by atoms with Crippen molar-refractivity contribution in [2.24, 2.45) is 5.92 Å². The molecule has 19 heavy (non-hydrogen) atoms. The maximum absolute atomic E-state index is 13.7. The van der Waals surface area contributed by atoms with Crippen molar-refractivity contribution >= 4 is 0 Å². The third kappa shape index (κ3) is 6.03. The van der Waals surface area contributed by atoms with Crippen LogP contribution < -0.4 is 15.4 Å². The number of hydrogen-bond acceptors (Lipinski definition) is 3. The molecular weight excluding hydrogens is 243 g/mol. The Bertz CT molecular complexity index is 382. The van der Waals surface area contributed by atoms with Crippen LogP contribution in [0.4, 0.5) is 4.39 Å². The molecular formula is C15H25FN2O. The molecule has 0 saturated carbocycles. The van der Waals surface area contributed by atoms with Gasteiger partial charge in [-0.05, 0) is 25.5 Å². The van der Waals surface area contributed by atoms with Gasteiger partial charge in [0.15, 0.2) is 0 Å². The van der Waals surface area contributed by atoms with Crippen LogP contribution in [-0.2, 0) is 6.54 Å². The monoisotopic (exact) mass is 268 g/mol. The van der Waals surface area contributed by atoms with E-state index in [0.29, 0.717) is 29.8 Å². The Morgan fingerprint density at radius 2 is 1.95 bits per heavy atom. The minimum absolute atomic E-state index is 0.228. The summed E-state index contributed by atoms with van der Waals surface area (Å²) in [5, 5.41) is 6.69. The lowest BCUT2D eigenvalue weighted by Gasteiger charge is -2.16. The zero-order valence-corrected chi connectivity index (χ0v) is 12.3. The van der Waals surface area contributed by atoms with Gasteiger partial charge in [-0.1, -0.05) is 19.9 Å². The number of hydrogen-bond donors (Lipinski definition) is 2. The maximum Gasteiger partial charge on any atom is 0.131 e. The summed E-state index contributed by atoms with van der Waals surface area (Å²) in [4.78, 5) is 0. The molecule has 0 aliphatic heterocycles. The van der Waals surface area contributed by atoms with Gasteiger partial charge < -0.3 is 15.4 Å². The van der Waals surface area contributed by atoms with Crippen molar-refractivity contribution in [3.63, 3.8) is 0 Å². The molecule has 0 radical (unpaired) electrons. The van der Waals surface area contributed by atoms with Gasteiger partial charge in [0.05, 0.1) is 7.11 Å². The second-order valence-electron chi connectivity index (χ2n) is 5.29. The van der Waals surface area contributed by atoms with Crippen molar-refractivity contribution in [1.82, 2.24) is 10.6 Å². The van der Waals surface area contributed by atoms with E-state index < -0.39 is 0 Å². The quantitative estimate of drug-likeness (QED) is 0.760. The average Bonchev–Trinajstić information content (AvgIpc) is 2.36. The summed E-state index contributed by atoms with van der Waals surface area (Å²) < 4.78 is 18.7. The second-order valence-corrected chi connectivity index (χ2v) is 5.29.